The number of ether oxygens (including phenoxy) is 1. The molecule has 0 amide bonds. The van der Waals surface area contributed by atoms with Crippen LogP contribution < -0.4 is 4.57 Å². The number of hydrogen-bond donors (Lipinski definition) is 1. The molecule has 1 aromatic heterocycles. The van der Waals surface area contributed by atoms with Crippen molar-refractivity contribution >= 4 is 11.3 Å². The summed E-state index contributed by atoms with van der Waals surface area (Å²) in [6, 6.07) is 0. The Balaban J connectivity index is 2.23. The van der Waals surface area contributed by atoms with Crippen LogP contribution in [-0.4, -0.2) is 18.5 Å². The minimum absolute atomic E-state index is 0.637. The summed E-state index contributed by atoms with van der Waals surface area (Å²) >= 11 is 1.64. The average molecular weight is 174 g/mol. The van der Waals surface area contributed by atoms with Crippen LogP contribution in [0.5, 0.6) is 0 Å². The summed E-state index contributed by atoms with van der Waals surface area (Å²) in [5.74, 6) is 0. The van der Waals surface area contributed by atoms with Crippen LogP contribution in [0.2, 0.25) is 0 Å². The molecule has 1 heterocycles. The number of aromatic nitrogens is 1. The Morgan fingerprint density at radius 1 is 1.73 bits per heavy atom. The summed E-state index contributed by atoms with van der Waals surface area (Å²) in [5, 5.41) is 11.0. The highest BCUT2D eigenvalue weighted by Crippen LogP contribution is 1.93. The third-order valence-corrected chi connectivity index (χ3v) is 2.10. The van der Waals surface area contributed by atoms with Crippen molar-refractivity contribution in [3.63, 3.8) is 0 Å². The average Bonchev–Trinajstić information content (AvgIpc) is 2.52. The first-order valence-corrected chi connectivity index (χ1v) is 4.39. The van der Waals surface area contributed by atoms with Crippen molar-refractivity contribution in [3.8, 4) is 0 Å². The maximum absolute atomic E-state index is 9.02. The molecule has 0 aliphatic heterocycles. The van der Waals surface area contributed by atoms with Gasteiger partial charge in [0.15, 0.2) is 19.0 Å². The summed E-state index contributed by atoms with van der Waals surface area (Å²) in [7, 11) is 1.50. The summed E-state index contributed by atoms with van der Waals surface area (Å²) < 4.78 is 6.71. The van der Waals surface area contributed by atoms with Crippen molar-refractivity contribution in [2.24, 2.45) is 0 Å². The highest BCUT2D eigenvalue weighted by molar-refractivity contribution is 7.07. The predicted molar refractivity (Wildman–Crippen MR) is 42.1 cm³/mol. The molecule has 0 spiro atoms. The van der Waals surface area contributed by atoms with E-state index in [0.29, 0.717) is 6.42 Å². The first-order chi connectivity index (χ1) is 5.33. The van der Waals surface area contributed by atoms with Crippen LogP contribution in [0.25, 0.3) is 0 Å². The molecule has 0 bridgehead atoms. The maximum atomic E-state index is 9.02. The largest absolute Gasteiger partial charge is 0.368 e. The summed E-state index contributed by atoms with van der Waals surface area (Å²) in [6.07, 6.45) is 1.98. The van der Waals surface area contributed by atoms with Crippen LogP contribution in [0.4, 0.5) is 0 Å². The van der Waals surface area contributed by atoms with Crippen LogP contribution in [0, 0.1) is 0 Å². The molecule has 1 atom stereocenters. The van der Waals surface area contributed by atoms with E-state index in [0.717, 1.165) is 6.54 Å². The van der Waals surface area contributed by atoms with Crippen molar-refractivity contribution in [1.29, 1.82) is 0 Å². The molecule has 0 aromatic carbocycles. The van der Waals surface area contributed by atoms with Gasteiger partial charge in [0.05, 0.1) is 11.8 Å². The minimum atomic E-state index is -0.637. The highest BCUT2D eigenvalue weighted by Gasteiger charge is 2.05. The smallest absolute Gasteiger partial charge is 0.224 e. The number of aliphatic hydroxyl groups is 1. The molecular weight excluding hydrogens is 162 g/mol. The molecule has 0 aliphatic carbocycles. The Bertz CT molecular complexity index is 188. The number of aliphatic hydroxyl groups excluding tert-OH is 1. The van der Waals surface area contributed by atoms with Crippen molar-refractivity contribution in [2.75, 3.05) is 7.11 Å². The van der Waals surface area contributed by atoms with Gasteiger partial charge >= 0.3 is 0 Å². The van der Waals surface area contributed by atoms with E-state index in [4.69, 9.17) is 9.84 Å². The molecule has 11 heavy (non-hydrogen) atoms. The van der Waals surface area contributed by atoms with Crippen LogP contribution in [0.1, 0.15) is 6.42 Å². The van der Waals surface area contributed by atoms with E-state index in [1.165, 1.54) is 7.11 Å². The van der Waals surface area contributed by atoms with E-state index >= 15 is 0 Å². The topological polar surface area (TPSA) is 33.3 Å². The Hall–Kier alpha value is -0.450. The molecule has 1 aromatic rings. The quantitative estimate of drug-likeness (QED) is 0.529. The predicted octanol–water partition coefficient (Wildman–Crippen LogP) is 0.390. The van der Waals surface area contributed by atoms with Gasteiger partial charge in [-0.3, -0.25) is 0 Å². The molecule has 0 aliphatic rings. The molecule has 0 fully saturated rings. The van der Waals surface area contributed by atoms with E-state index in [1.54, 1.807) is 11.3 Å². The number of aryl methyl sites for hydroxylation is 1. The van der Waals surface area contributed by atoms with Crippen molar-refractivity contribution in [2.45, 2.75) is 19.3 Å². The maximum Gasteiger partial charge on any atom is 0.224 e. The van der Waals surface area contributed by atoms with Gasteiger partial charge in [-0.2, -0.15) is 4.57 Å². The van der Waals surface area contributed by atoms with Gasteiger partial charge in [-0.25, -0.2) is 0 Å². The minimum Gasteiger partial charge on any atom is -0.368 e. The first kappa shape index (κ1) is 8.64. The zero-order valence-corrected chi connectivity index (χ0v) is 7.25. The standard InChI is InChI=1S/C7H12NO2S/c1-10-7(9)2-3-8-4-5-11-6-8/h4-7,9H,2-3H2,1H3/q+1. The zero-order valence-electron chi connectivity index (χ0n) is 6.43. The summed E-state index contributed by atoms with van der Waals surface area (Å²) in [6.45, 7) is 0.804. The van der Waals surface area contributed by atoms with Crippen LogP contribution >= 0.6 is 11.3 Å². The normalized spacial score (nSPS) is 13.3. The fourth-order valence-electron chi connectivity index (χ4n) is 0.766. The molecule has 62 valence electrons. The number of rotatable bonds is 4. The van der Waals surface area contributed by atoms with E-state index in [9.17, 15) is 0 Å². The van der Waals surface area contributed by atoms with Gasteiger partial charge in [-0.1, -0.05) is 11.3 Å². The molecule has 0 saturated carbocycles. The number of hydrogen-bond acceptors (Lipinski definition) is 3. The number of nitrogens with zero attached hydrogens (tertiary/aromatic N) is 1. The lowest BCUT2D eigenvalue weighted by Crippen LogP contribution is -2.32. The Morgan fingerprint density at radius 2 is 2.55 bits per heavy atom. The molecule has 1 N–H and O–H groups in total. The number of methoxy groups -OCH3 is 1. The fraction of sp³-hybridized carbons (Fsp3) is 0.571. The van der Waals surface area contributed by atoms with Crippen LogP contribution in [-0.2, 0) is 11.3 Å². The number of thiazole rings is 1. The fourth-order valence-corrected chi connectivity index (χ4v) is 1.40. The van der Waals surface area contributed by atoms with E-state index in [1.807, 2.05) is 21.7 Å². The lowest BCUT2D eigenvalue weighted by molar-refractivity contribution is -0.694. The third-order valence-electron chi connectivity index (χ3n) is 1.43. The van der Waals surface area contributed by atoms with E-state index < -0.39 is 6.29 Å². The van der Waals surface area contributed by atoms with Gasteiger partial charge in [-0.15, -0.1) is 0 Å². The molecule has 4 heteroatoms. The highest BCUT2D eigenvalue weighted by atomic mass is 32.1. The lowest BCUT2D eigenvalue weighted by Gasteiger charge is -2.03. The molecule has 1 unspecified atom stereocenters. The SMILES string of the molecule is COC(O)CC[n+]1ccsc1. The van der Waals surface area contributed by atoms with Crippen molar-refractivity contribution in [1.82, 2.24) is 0 Å². The van der Waals surface area contributed by atoms with Gasteiger partial charge < -0.3 is 9.84 Å². The molecule has 3 nitrogen and oxygen atoms in total. The zero-order chi connectivity index (χ0) is 8.10. The lowest BCUT2D eigenvalue weighted by atomic mass is 10.4. The van der Waals surface area contributed by atoms with Gasteiger partial charge in [0, 0.05) is 7.11 Å². The second kappa shape index (κ2) is 4.43. The summed E-state index contributed by atoms with van der Waals surface area (Å²) in [5.41, 5.74) is 2.00. The van der Waals surface area contributed by atoms with Crippen LogP contribution in [0.15, 0.2) is 17.1 Å². The molecule has 0 radical (unpaired) electrons. The molecule has 0 saturated heterocycles. The van der Waals surface area contributed by atoms with Crippen LogP contribution in [0.3, 0.4) is 0 Å². The van der Waals surface area contributed by atoms with Gasteiger partial charge in [0.25, 0.3) is 0 Å². The van der Waals surface area contributed by atoms with E-state index in [-0.39, 0.29) is 0 Å². The molecule has 1 rings (SSSR count). The molecular formula is C7H12NO2S+. The van der Waals surface area contributed by atoms with E-state index in [2.05, 4.69) is 0 Å². The second-order valence-electron chi connectivity index (χ2n) is 2.24. The Morgan fingerprint density at radius 3 is 3.09 bits per heavy atom. The second-order valence-corrected chi connectivity index (χ2v) is 3.00. The Labute approximate surface area is 69.9 Å². The third kappa shape index (κ3) is 2.96. The first-order valence-electron chi connectivity index (χ1n) is 3.45. The summed E-state index contributed by atoms with van der Waals surface area (Å²) in [4.78, 5) is 0. The van der Waals surface area contributed by atoms with Gasteiger partial charge in [-0.05, 0) is 0 Å². The Kier molecular flexibility index (Phi) is 3.48. The van der Waals surface area contributed by atoms with Crippen molar-refractivity contribution < 1.29 is 14.4 Å². The monoisotopic (exact) mass is 174 g/mol. The van der Waals surface area contributed by atoms with Gasteiger partial charge in [0.2, 0.25) is 5.51 Å². The van der Waals surface area contributed by atoms with Gasteiger partial charge in [0.1, 0.15) is 0 Å². The van der Waals surface area contributed by atoms with Crippen molar-refractivity contribution in [3.05, 3.63) is 17.1 Å².